The highest BCUT2D eigenvalue weighted by Crippen LogP contribution is 2.36. The minimum Gasteiger partial charge on any atom is -0.384 e. The first-order chi connectivity index (χ1) is 24.3. The predicted octanol–water partition coefficient (Wildman–Crippen LogP) is 11.6. The maximum atomic E-state index is 13.9. The number of carbonyl (C=O) groups is 2. The van der Waals surface area contributed by atoms with E-state index in [2.05, 4.69) is 62.5 Å². The number of nitrogens with one attached hydrogen (secondary N) is 2. The second-order valence-electron chi connectivity index (χ2n) is 15.3. The van der Waals surface area contributed by atoms with E-state index in [1.165, 1.54) is 103 Å². The molecule has 0 spiro atoms. The van der Waals surface area contributed by atoms with E-state index in [9.17, 15) is 9.59 Å². The van der Waals surface area contributed by atoms with Gasteiger partial charge in [-0.3, -0.25) is 9.59 Å². The van der Waals surface area contributed by atoms with Crippen molar-refractivity contribution in [3.05, 3.63) is 58.7 Å². The zero-order chi connectivity index (χ0) is 36.1. The summed E-state index contributed by atoms with van der Waals surface area (Å²) >= 11 is 0. The van der Waals surface area contributed by atoms with Crippen LogP contribution < -0.4 is 10.6 Å². The summed E-state index contributed by atoms with van der Waals surface area (Å²) in [5, 5.41) is 7.16. The maximum absolute atomic E-state index is 13.9. The molecule has 0 aliphatic heterocycles. The van der Waals surface area contributed by atoms with Gasteiger partial charge in [-0.15, -0.1) is 17.0 Å². The fourth-order valence-corrected chi connectivity index (χ4v) is 7.63. The van der Waals surface area contributed by atoms with Crippen LogP contribution in [0.15, 0.2) is 36.4 Å². The van der Waals surface area contributed by atoms with Crippen LogP contribution in [0, 0.1) is 0 Å². The van der Waals surface area contributed by atoms with E-state index in [0.29, 0.717) is 34.3 Å². The van der Waals surface area contributed by atoms with E-state index >= 15 is 0 Å². The number of carbonyl (C=O) groups excluding carboxylic acids is 2. The number of unbranched alkanes of at least 4 members (excludes halogenated alkanes) is 12. The molecule has 0 fully saturated rings. The maximum Gasteiger partial charge on any atom is 0.196 e. The number of hydrogen-bond acceptors (Lipinski definition) is 6. The summed E-state index contributed by atoms with van der Waals surface area (Å²) < 4.78 is 0. The van der Waals surface area contributed by atoms with E-state index in [1.54, 1.807) is 12.1 Å². The van der Waals surface area contributed by atoms with Gasteiger partial charge in [-0.05, 0) is 78.8 Å². The lowest BCUT2D eigenvalue weighted by Crippen LogP contribution is -2.29. The zero-order valence-corrected chi connectivity index (χ0v) is 35.0. The van der Waals surface area contributed by atoms with Gasteiger partial charge in [-0.25, -0.2) is 0 Å². The van der Waals surface area contributed by atoms with Gasteiger partial charge in [-0.1, -0.05) is 128 Å². The smallest absolute Gasteiger partial charge is 0.196 e. The van der Waals surface area contributed by atoms with Crippen LogP contribution in [0.5, 0.6) is 0 Å². The minimum atomic E-state index is -0.0613. The summed E-state index contributed by atoms with van der Waals surface area (Å²) in [5.74, 6) is -0.123. The van der Waals surface area contributed by atoms with E-state index in [4.69, 9.17) is 0 Å². The fourth-order valence-electron chi connectivity index (χ4n) is 7.63. The summed E-state index contributed by atoms with van der Waals surface area (Å²) in [6.45, 7) is 6.09. The Morgan fingerprint density at radius 2 is 0.824 bits per heavy atom. The quantitative estimate of drug-likeness (QED) is 0.0717. The topological polar surface area (TPSA) is 64.7 Å². The molecule has 2 atom stereocenters. The van der Waals surface area contributed by atoms with E-state index in [-0.39, 0.29) is 28.5 Å². The Morgan fingerprint density at radius 1 is 0.490 bits per heavy atom. The summed E-state index contributed by atoms with van der Waals surface area (Å²) in [4.78, 5) is 32.6. The SMILES string of the molecule is Br.CCCCCCCCCC(CCCNc1ccc(NCCCC(CCCCCCCCC)N(C)C)c2c1C(=O)c1ccccc1C2=O)N(C)C. The number of anilines is 2. The Hall–Kier alpha value is -2.22. The lowest BCUT2D eigenvalue weighted by molar-refractivity contribution is 0.0980. The molecule has 7 heteroatoms. The number of benzene rings is 2. The number of ketones is 2. The minimum absolute atomic E-state index is 0. The molecule has 0 bridgehead atoms. The van der Waals surface area contributed by atoms with E-state index in [1.807, 2.05) is 24.3 Å². The Balaban J connectivity index is 0.00000901. The third-order valence-corrected chi connectivity index (χ3v) is 10.9. The highest BCUT2D eigenvalue weighted by atomic mass is 79.9. The van der Waals surface area contributed by atoms with Crippen molar-refractivity contribution in [2.45, 2.75) is 154 Å². The van der Waals surface area contributed by atoms with Gasteiger partial charge in [0.1, 0.15) is 0 Å². The molecule has 0 saturated heterocycles. The molecule has 2 unspecified atom stereocenters. The van der Waals surface area contributed by atoms with Gasteiger partial charge in [0.2, 0.25) is 0 Å². The average Bonchev–Trinajstić information content (AvgIpc) is 3.11. The number of fused-ring (bicyclic) bond motifs is 2. The lowest BCUT2D eigenvalue weighted by Gasteiger charge is -2.26. The van der Waals surface area contributed by atoms with Gasteiger partial charge >= 0.3 is 0 Å². The van der Waals surface area contributed by atoms with Gasteiger partial charge in [0.05, 0.1) is 11.1 Å². The van der Waals surface area contributed by atoms with Crippen molar-refractivity contribution in [3.63, 3.8) is 0 Å². The van der Waals surface area contributed by atoms with Crippen LogP contribution in [0.2, 0.25) is 0 Å². The molecule has 0 aromatic heterocycles. The summed E-state index contributed by atoms with van der Waals surface area (Å²) in [7, 11) is 8.78. The second kappa shape index (κ2) is 25.7. The zero-order valence-electron chi connectivity index (χ0n) is 33.3. The standard InChI is InChI=1S/C44H72N4O2.BrH/c1-7-9-11-13-15-17-19-25-35(47(3)4)27-23-33-45-39-31-32-40(42-41(39)43(49)37-29-21-22-30-38(37)44(42)50)46-34-24-28-36(48(5)6)26-20-18-16-14-12-10-8-2;/h21-22,29-32,35-36,45-46H,7-20,23-28,33-34H2,1-6H3;1H. The molecule has 1 aliphatic rings. The molecular formula is C44H73BrN4O2. The number of nitrogens with zero attached hydrogens (tertiary/aromatic N) is 2. The average molecular weight is 770 g/mol. The van der Waals surface area contributed by atoms with Crippen LogP contribution in [0.1, 0.15) is 174 Å². The van der Waals surface area contributed by atoms with Crippen molar-refractivity contribution in [2.75, 3.05) is 51.9 Å². The van der Waals surface area contributed by atoms with Crippen molar-refractivity contribution in [2.24, 2.45) is 0 Å². The van der Waals surface area contributed by atoms with Crippen LogP contribution >= 0.6 is 17.0 Å². The third-order valence-electron chi connectivity index (χ3n) is 10.9. The second-order valence-corrected chi connectivity index (χ2v) is 15.3. The molecule has 0 heterocycles. The molecule has 2 N–H and O–H groups in total. The normalized spacial score (nSPS) is 13.6. The molecule has 2 aromatic carbocycles. The fraction of sp³-hybridized carbons (Fsp3) is 0.682. The van der Waals surface area contributed by atoms with Crippen LogP contribution in [0.25, 0.3) is 0 Å². The van der Waals surface area contributed by atoms with E-state index < -0.39 is 0 Å². The van der Waals surface area contributed by atoms with Crippen molar-refractivity contribution < 1.29 is 9.59 Å². The molecule has 51 heavy (non-hydrogen) atoms. The Bertz CT molecular complexity index is 1180. The lowest BCUT2D eigenvalue weighted by atomic mass is 9.82. The van der Waals surface area contributed by atoms with Gasteiger partial charge in [0.25, 0.3) is 0 Å². The molecular weight excluding hydrogens is 696 g/mol. The monoisotopic (exact) mass is 768 g/mol. The Labute approximate surface area is 323 Å². The molecule has 2 aromatic rings. The molecule has 6 nitrogen and oxygen atoms in total. The third kappa shape index (κ3) is 15.0. The van der Waals surface area contributed by atoms with Crippen LogP contribution in [0.4, 0.5) is 11.4 Å². The largest absolute Gasteiger partial charge is 0.384 e. The Kier molecular flexibility index (Phi) is 22.6. The van der Waals surface area contributed by atoms with Gasteiger partial charge < -0.3 is 20.4 Å². The van der Waals surface area contributed by atoms with Crippen molar-refractivity contribution in [3.8, 4) is 0 Å². The Morgan fingerprint density at radius 3 is 1.18 bits per heavy atom. The first kappa shape index (κ1) is 44.9. The van der Waals surface area contributed by atoms with Gasteiger partial charge in [0, 0.05) is 47.7 Å². The number of rotatable bonds is 28. The van der Waals surface area contributed by atoms with Crippen LogP contribution in [-0.2, 0) is 0 Å². The molecule has 0 radical (unpaired) electrons. The number of hydrogen-bond donors (Lipinski definition) is 2. The summed E-state index contributed by atoms with van der Waals surface area (Å²) in [6.07, 6.45) is 25.4. The highest BCUT2D eigenvalue weighted by molar-refractivity contribution is 8.93. The van der Waals surface area contributed by atoms with Crippen molar-refractivity contribution in [1.82, 2.24) is 9.80 Å². The van der Waals surface area contributed by atoms with Crippen molar-refractivity contribution in [1.29, 1.82) is 0 Å². The van der Waals surface area contributed by atoms with Crippen molar-refractivity contribution >= 4 is 39.9 Å². The van der Waals surface area contributed by atoms with Crippen LogP contribution in [0.3, 0.4) is 0 Å². The predicted molar refractivity (Wildman–Crippen MR) is 226 cm³/mol. The molecule has 0 saturated carbocycles. The summed E-state index contributed by atoms with van der Waals surface area (Å²) in [6, 6.07) is 12.4. The first-order valence-corrected chi connectivity index (χ1v) is 20.5. The number of halogens is 1. The molecule has 288 valence electrons. The van der Waals surface area contributed by atoms with Gasteiger partial charge in [-0.2, -0.15) is 0 Å². The first-order valence-electron chi connectivity index (χ1n) is 20.5. The summed E-state index contributed by atoms with van der Waals surface area (Å²) in [5.41, 5.74) is 3.61. The highest BCUT2D eigenvalue weighted by Gasteiger charge is 2.33. The van der Waals surface area contributed by atoms with Gasteiger partial charge in [0.15, 0.2) is 11.6 Å². The van der Waals surface area contributed by atoms with E-state index in [0.717, 1.165) is 50.1 Å². The van der Waals surface area contributed by atoms with Crippen LogP contribution in [-0.4, -0.2) is 74.7 Å². The molecule has 3 rings (SSSR count). The molecule has 0 amide bonds. The molecule has 1 aliphatic carbocycles.